The maximum Gasteiger partial charge on any atom is 0.247 e. The van der Waals surface area contributed by atoms with E-state index in [1.165, 1.54) is 6.26 Å². The summed E-state index contributed by atoms with van der Waals surface area (Å²) < 4.78 is 30.4. The number of rotatable bonds is 3. The minimum atomic E-state index is -3.55. The van der Waals surface area contributed by atoms with Gasteiger partial charge in [0.15, 0.2) is 0 Å². The molecule has 0 bridgehead atoms. The first-order valence-electron chi connectivity index (χ1n) is 6.42. The first kappa shape index (κ1) is 15.4. The highest BCUT2D eigenvalue weighted by Gasteiger charge is 2.36. The highest BCUT2D eigenvalue weighted by Crippen LogP contribution is 2.38. The second kappa shape index (κ2) is 5.61. The van der Waals surface area contributed by atoms with Crippen molar-refractivity contribution >= 4 is 38.9 Å². The zero-order valence-corrected chi connectivity index (χ0v) is 13.9. The molecule has 22 heavy (non-hydrogen) atoms. The number of hydrazone groups is 1. The first-order valence-corrected chi connectivity index (χ1v) is 9.02. The first-order chi connectivity index (χ1) is 10.4. The lowest BCUT2D eigenvalue weighted by Crippen LogP contribution is -2.26. The molecule has 1 aromatic heterocycles. The average molecular weight is 359 g/mol. The second-order valence-electron chi connectivity index (χ2n) is 4.95. The molecule has 1 aliphatic rings. The van der Waals surface area contributed by atoms with Crippen LogP contribution >= 0.6 is 23.2 Å². The highest BCUT2D eigenvalue weighted by molar-refractivity contribution is 7.88. The van der Waals surface area contributed by atoms with Crippen molar-refractivity contribution in [3.05, 3.63) is 58.0 Å². The Balaban J connectivity index is 2.06. The summed E-state index contributed by atoms with van der Waals surface area (Å²) in [7, 11) is -3.55. The monoisotopic (exact) mass is 358 g/mol. The third-order valence-corrected chi connectivity index (χ3v) is 4.93. The third-order valence-electron chi connectivity index (χ3n) is 3.34. The summed E-state index contributed by atoms with van der Waals surface area (Å²) in [5, 5.41) is 5.13. The van der Waals surface area contributed by atoms with Crippen molar-refractivity contribution < 1.29 is 12.8 Å². The van der Waals surface area contributed by atoms with Crippen LogP contribution in [0.4, 0.5) is 0 Å². The summed E-state index contributed by atoms with van der Waals surface area (Å²) in [5.74, 6) is 0.536. The van der Waals surface area contributed by atoms with Crippen LogP contribution in [0.25, 0.3) is 0 Å². The van der Waals surface area contributed by atoms with E-state index in [1.807, 2.05) is 0 Å². The highest BCUT2D eigenvalue weighted by atomic mass is 35.5. The minimum absolute atomic E-state index is 0.362. The van der Waals surface area contributed by atoms with Gasteiger partial charge in [0.2, 0.25) is 10.0 Å². The molecule has 0 saturated heterocycles. The Morgan fingerprint density at radius 3 is 2.73 bits per heavy atom. The van der Waals surface area contributed by atoms with E-state index in [9.17, 15) is 8.42 Å². The van der Waals surface area contributed by atoms with Crippen molar-refractivity contribution in [3.63, 3.8) is 0 Å². The minimum Gasteiger partial charge on any atom is -0.463 e. The number of furan rings is 1. The van der Waals surface area contributed by atoms with Crippen LogP contribution in [0, 0.1) is 0 Å². The fourth-order valence-electron chi connectivity index (χ4n) is 2.39. The van der Waals surface area contributed by atoms with Crippen LogP contribution < -0.4 is 0 Å². The largest absolute Gasteiger partial charge is 0.463 e. The lowest BCUT2D eigenvalue weighted by molar-refractivity contribution is 0.375. The summed E-state index contributed by atoms with van der Waals surface area (Å²) in [4.78, 5) is 0. The Hall–Kier alpha value is -1.50. The van der Waals surface area contributed by atoms with Gasteiger partial charge in [0, 0.05) is 16.5 Å². The van der Waals surface area contributed by atoms with Crippen LogP contribution in [0.3, 0.4) is 0 Å². The lowest BCUT2D eigenvalue weighted by atomic mass is 10.0. The van der Waals surface area contributed by atoms with Gasteiger partial charge in [-0.05, 0) is 35.9 Å². The fraction of sp³-hybridized carbons (Fsp3) is 0.214. The van der Waals surface area contributed by atoms with E-state index in [0.717, 1.165) is 10.7 Å². The van der Waals surface area contributed by atoms with Crippen molar-refractivity contribution in [2.75, 3.05) is 6.26 Å². The molecule has 1 unspecified atom stereocenters. The quantitative estimate of drug-likeness (QED) is 0.840. The van der Waals surface area contributed by atoms with E-state index in [4.69, 9.17) is 27.6 Å². The van der Waals surface area contributed by atoms with Gasteiger partial charge in [-0.15, -0.1) is 0 Å². The molecule has 0 aliphatic carbocycles. The van der Waals surface area contributed by atoms with Crippen LogP contribution in [0.5, 0.6) is 0 Å². The van der Waals surface area contributed by atoms with E-state index in [0.29, 0.717) is 33.5 Å². The van der Waals surface area contributed by atoms with Gasteiger partial charge in [-0.1, -0.05) is 23.2 Å². The van der Waals surface area contributed by atoms with Gasteiger partial charge in [0.1, 0.15) is 11.5 Å². The molecule has 0 saturated carbocycles. The number of hydrogen-bond donors (Lipinski definition) is 0. The summed E-state index contributed by atoms with van der Waals surface area (Å²) >= 11 is 12.2. The Morgan fingerprint density at radius 1 is 1.32 bits per heavy atom. The van der Waals surface area contributed by atoms with E-state index < -0.39 is 16.1 Å². The maximum absolute atomic E-state index is 12.0. The third kappa shape index (κ3) is 2.86. The molecule has 0 radical (unpaired) electrons. The second-order valence-corrected chi connectivity index (χ2v) is 7.63. The van der Waals surface area contributed by atoms with Gasteiger partial charge in [0.25, 0.3) is 0 Å². The normalized spacial score (nSPS) is 18.6. The van der Waals surface area contributed by atoms with Gasteiger partial charge in [-0.3, -0.25) is 0 Å². The Morgan fingerprint density at radius 2 is 2.09 bits per heavy atom. The van der Waals surface area contributed by atoms with Crippen molar-refractivity contribution in [1.29, 1.82) is 0 Å². The van der Waals surface area contributed by atoms with E-state index in [-0.39, 0.29) is 0 Å². The number of sulfonamides is 1. The zero-order valence-electron chi connectivity index (χ0n) is 11.5. The van der Waals surface area contributed by atoms with Crippen molar-refractivity contribution in [2.45, 2.75) is 12.5 Å². The van der Waals surface area contributed by atoms with E-state index in [2.05, 4.69) is 5.10 Å². The van der Waals surface area contributed by atoms with Crippen LogP contribution in [-0.2, 0) is 10.0 Å². The van der Waals surface area contributed by atoms with Crippen molar-refractivity contribution in [3.8, 4) is 0 Å². The molecule has 2 aromatic rings. The predicted octanol–water partition coefficient (Wildman–Crippen LogP) is 3.70. The topological polar surface area (TPSA) is 62.9 Å². The maximum atomic E-state index is 12.0. The number of halogens is 2. The van der Waals surface area contributed by atoms with Gasteiger partial charge < -0.3 is 4.42 Å². The van der Waals surface area contributed by atoms with Crippen LogP contribution in [0.1, 0.15) is 23.8 Å². The molecule has 3 rings (SSSR count). The summed E-state index contributed by atoms with van der Waals surface area (Å²) in [6.07, 6.45) is 2.98. The molecule has 2 heterocycles. The summed E-state index contributed by atoms with van der Waals surface area (Å²) in [6, 6.07) is 7.88. The predicted molar refractivity (Wildman–Crippen MR) is 85.7 cm³/mol. The Bertz CT molecular complexity index is 832. The molecule has 0 spiro atoms. The van der Waals surface area contributed by atoms with Gasteiger partial charge >= 0.3 is 0 Å². The van der Waals surface area contributed by atoms with Crippen molar-refractivity contribution in [2.24, 2.45) is 5.10 Å². The molecule has 8 heteroatoms. The average Bonchev–Trinajstić information content (AvgIpc) is 3.08. The van der Waals surface area contributed by atoms with Crippen molar-refractivity contribution in [1.82, 2.24) is 4.41 Å². The smallest absolute Gasteiger partial charge is 0.247 e. The number of nitrogens with zero attached hydrogens (tertiary/aromatic N) is 2. The number of benzene rings is 1. The molecule has 1 atom stereocenters. The van der Waals surface area contributed by atoms with Crippen LogP contribution in [-0.4, -0.2) is 24.8 Å². The Kier molecular flexibility index (Phi) is 3.92. The molecule has 0 amide bonds. The van der Waals surface area contributed by atoms with Crippen LogP contribution in [0.15, 0.2) is 46.1 Å². The van der Waals surface area contributed by atoms with Gasteiger partial charge in [-0.25, -0.2) is 8.42 Å². The molecule has 0 N–H and O–H groups in total. The summed E-state index contributed by atoms with van der Waals surface area (Å²) in [5.41, 5.74) is 1.17. The molecule has 116 valence electrons. The zero-order chi connectivity index (χ0) is 15.9. The number of hydrogen-bond acceptors (Lipinski definition) is 4. The fourth-order valence-corrected chi connectivity index (χ4v) is 3.71. The SMILES string of the molecule is CS(=O)(=O)N1N=C(c2ccco2)CC1c1cc(Cl)ccc1Cl. The molecule has 0 fully saturated rings. The lowest BCUT2D eigenvalue weighted by Gasteiger charge is -2.22. The molecular weight excluding hydrogens is 347 g/mol. The summed E-state index contributed by atoms with van der Waals surface area (Å²) in [6.45, 7) is 0. The molecular formula is C14H12Cl2N2O3S. The molecule has 5 nitrogen and oxygen atoms in total. The van der Waals surface area contributed by atoms with Gasteiger partial charge in [-0.2, -0.15) is 9.52 Å². The standard InChI is InChI=1S/C14H12Cl2N2O3S/c1-22(19,20)18-13(10-7-9(15)4-5-11(10)16)8-12(17-18)14-3-2-6-21-14/h2-7,13H,8H2,1H3. The van der Waals surface area contributed by atoms with Gasteiger partial charge in [0.05, 0.1) is 18.6 Å². The van der Waals surface area contributed by atoms with E-state index >= 15 is 0 Å². The Labute approximate surface area is 138 Å². The molecule has 1 aliphatic heterocycles. The molecule has 1 aromatic carbocycles. The van der Waals surface area contributed by atoms with Crippen LogP contribution in [0.2, 0.25) is 10.0 Å². The van der Waals surface area contributed by atoms with E-state index in [1.54, 1.807) is 30.3 Å².